The molecule has 0 saturated heterocycles. The maximum absolute atomic E-state index is 13.0. The molecule has 0 amide bonds. The minimum atomic E-state index is -4.63. The first-order valence-corrected chi connectivity index (χ1v) is 8.84. The predicted molar refractivity (Wildman–Crippen MR) is 81.6 cm³/mol. The van der Waals surface area contributed by atoms with Crippen LogP contribution >= 0.6 is 11.3 Å². The van der Waals surface area contributed by atoms with E-state index in [9.17, 15) is 21.6 Å². The maximum atomic E-state index is 13.0. The van der Waals surface area contributed by atoms with Crippen molar-refractivity contribution in [1.29, 1.82) is 0 Å². The van der Waals surface area contributed by atoms with Crippen molar-refractivity contribution in [3.8, 4) is 0 Å². The number of benzene rings is 1. The normalized spacial score (nSPS) is 12.8. The van der Waals surface area contributed by atoms with Crippen molar-refractivity contribution >= 4 is 32.3 Å². The van der Waals surface area contributed by atoms with E-state index in [1.54, 1.807) is 17.5 Å². The molecule has 0 bridgehead atoms. The van der Waals surface area contributed by atoms with E-state index in [0.717, 1.165) is 10.9 Å². The number of nitrogens with one attached hydrogen (secondary N) is 2. The third-order valence-corrected chi connectivity index (χ3v) is 5.58. The molecule has 0 unspecified atom stereocenters. The molecule has 1 aromatic carbocycles. The maximum Gasteiger partial charge on any atom is 0.416 e. The Kier molecular flexibility index (Phi) is 3.95. The molecule has 0 aliphatic heterocycles. The first-order chi connectivity index (χ1) is 10.8. The number of hydrogen-bond donors (Lipinski definition) is 2. The third-order valence-electron chi connectivity index (χ3n) is 3.26. The zero-order chi connectivity index (χ0) is 16.7. The fourth-order valence-corrected chi connectivity index (χ4v) is 4.16. The highest BCUT2D eigenvalue weighted by atomic mass is 32.2. The van der Waals surface area contributed by atoms with E-state index in [-0.39, 0.29) is 22.3 Å². The third kappa shape index (κ3) is 3.26. The van der Waals surface area contributed by atoms with Gasteiger partial charge < -0.3 is 4.98 Å². The molecule has 3 rings (SSSR count). The Morgan fingerprint density at radius 3 is 2.65 bits per heavy atom. The van der Waals surface area contributed by atoms with Crippen LogP contribution < -0.4 is 4.72 Å². The molecule has 2 aromatic heterocycles. The molecular formula is C14H11F3N2O2S2. The molecule has 23 heavy (non-hydrogen) atoms. The lowest BCUT2D eigenvalue weighted by atomic mass is 10.1. The van der Waals surface area contributed by atoms with Crippen molar-refractivity contribution in [2.75, 3.05) is 0 Å². The van der Waals surface area contributed by atoms with Gasteiger partial charge in [-0.2, -0.15) is 13.2 Å². The molecule has 0 aliphatic rings. The SMILES string of the molecule is O=S(=O)(NCc1cccs1)c1cc(C(F)(F)F)cc2[nH]ccc12. The van der Waals surface area contributed by atoms with E-state index in [4.69, 9.17) is 0 Å². The smallest absolute Gasteiger partial charge is 0.361 e. The molecule has 2 N–H and O–H groups in total. The topological polar surface area (TPSA) is 62.0 Å². The monoisotopic (exact) mass is 360 g/mol. The molecule has 0 saturated carbocycles. The minimum Gasteiger partial charge on any atom is -0.361 e. The number of aromatic amines is 1. The molecule has 9 heteroatoms. The van der Waals surface area contributed by atoms with Gasteiger partial charge in [0.05, 0.1) is 10.5 Å². The van der Waals surface area contributed by atoms with Crippen LogP contribution in [0.1, 0.15) is 10.4 Å². The molecule has 0 atom stereocenters. The molecular weight excluding hydrogens is 349 g/mol. The summed E-state index contributed by atoms with van der Waals surface area (Å²) in [5, 5.41) is 2.01. The molecule has 0 aliphatic carbocycles. The van der Waals surface area contributed by atoms with E-state index < -0.39 is 21.8 Å². The first kappa shape index (κ1) is 16.0. The van der Waals surface area contributed by atoms with Gasteiger partial charge in [-0.25, -0.2) is 13.1 Å². The Balaban J connectivity index is 2.04. The number of hydrogen-bond acceptors (Lipinski definition) is 3. The van der Waals surface area contributed by atoms with E-state index in [1.165, 1.54) is 23.6 Å². The predicted octanol–water partition coefficient (Wildman–Crippen LogP) is 3.73. The average molecular weight is 360 g/mol. The van der Waals surface area contributed by atoms with Crippen LogP contribution in [0.15, 0.2) is 46.8 Å². The Labute approximate surface area is 134 Å². The van der Waals surface area contributed by atoms with Crippen molar-refractivity contribution in [2.45, 2.75) is 17.6 Å². The zero-order valence-corrected chi connectivity index (χ0v) is 13.1. The van der Waals surface area contributed by atoms with Crippen molar-refractivity contribution < 1.29 is 21.6 Å². The number of aromatic nitrogens is 1. The van der Waals surface area contributed by atoms with Gasteiger partial charge in [0, 0.05) is 28.5 Å². The summed E-state index contributed by atoms with van der Waals surface area (Å²) in [4.78, 5) is 3.00. The number of sulfonamides is 1. The Bertz CT molecular complexity index is 929. The molecule has 3 aromatic rings. The van der Waals surface area contributed by atoms with Crippen LogP contribution in [-0.2, 0) is 22.7 Å². The number of alkyl halides is 3. The molecule has 4 nitrogen and oxygen atoms in total. The summed E-state index contributed by atoms with van der Waals surface area (Å²) in [6.07, 6.45) is -3.22. The summed E-state index contributed by atoms with van der Waals surface area (Å²) in [5.74, 6) is 0. The Morgan fingerprint density at radius 1 is 1.22 bits per heavy atom. The van der Waals surface area contributed by atoms with Crippen LogP contribution in [-0.4, -0.2) is 13.4 Å². The van der Waals surface area contributed by atoms with Crippen LogP contribution in [0.2, 0.25) is 0 Å². The lowest BCUT2D eigenvalue weighted by Crippen LogP contribution is -2.23. The second kappa shape index (κ2) is 5.66. The van der Waals surface area contributed by atoms with Crippen LogP contribution in [0.25, 0.3) is 10.9 Å². The number of fused-ring (bicyclic) bond motifs is 1. The van der Waals surface area contributed by atoms with Crippen molar-refractivity contribution in [3.63, 3.8) is 0 Å². The van der Waals surface area contributed by atoms with Gasteiger partial charge in [0.1, 0.15) is 0 Å². The Morgan fingerprint density at radius 2 is 2.00 bits per heavy atom. The fourth-order valence-electron chi connectivity index (χ4n) is 2.18. The summed E-state index contributed by atoms with van der Waals surface area (Å²) in [6, 6.07) is 6.50. The van der Waals surface area contributed by atoms with Crippen LogP contribution in [0.5, 0.6) is 0 Å². The van der Waals surface area contributed by atoms with Crippen molar-refractivity contribution in [1.82, 2.24) is 9.71 Å². The van der Waals surface area contributed by atoms with Crippen LogP contribution in [0, 0.1) is 0 Å². The van der Waals surface area contributed by atoms with Gasteiger partial charge in [-0.05, 0) is 29.6 Å². The van der Waals surface area contributed by atoms with E-state index in [2.05, 4.69) is 9.71 Å². The molecule has 122 valence electrons. The van der Waals surface area contributed by atoms with Gasteiger partial charge in [-0.3, -0.25) is 0 Å². The lowest BCUT2D eigenvalue weighted by molar-refractivity contribution is -0.137. The molecule has 0 spiro atoms. The summed E-state index contributed by atoms with van der Waals surface area (Å²) in [6.45, 7) is 0.0299. The van der Waals surface area contributed by atoms with E-state index in [1.807, 2.05) is 0 Å². The average Bonchev–Trinajstić information content (AvgIpc) is 3.14. The van der Waals surface area contributed by atoms with Gasteiger partial charge >= 0.3 is 6.18 Å². The van der Waals surface area contributed by atoms with E-state index in [0.29, 0.717) is 6.07 Å². The quantitative estimate of drug-likeness (QED) is 0.745. The Hall–Kier alpha value is -1.84. The van der Waals surface area contributed by atoms with Crippen molar-refractivity contribution in [2.24, 2.45) is 0 Å². The lowest BCUT2D eigenvalue weighted by Gasteiger charge is -2.12. The highest BCUT2D eigenvalue weighted by Gasteiger charge is 2.33. The second-order valence-corrected chi connectivity index (χ2v) is 7.58. The number of thiophene rings is 1. The summed E-state index contributed by atoms with van der Waals surface area (Å²) in [5.41, 5.74) is -0.889. The number of halogens is 3. The van der Waals surface area contributed by atoms with E-state index >= 15 is 0 Å². The number of H-pyrrole nitrogens is 1. The van der Waals surface area contributed by atoms with Gasteiger partial charge in [-0.1, -0.05) is 6.07 Å². The van der Waals surface area contributed by atoms with Gasteiger partial charge in [0.15, 0.2) is 0 Å². The van der Waals surface area contributed by atoms with Gasteiger partial charge in [0.2, 0.25) is 10.0 Å². The highest BCUT2D eigenvalue weighted by Crippen LogP contribution is 2.34. The van der Waals surface area contributed by atoms with Crippen LogP contribution in [0.3, 0.4) is 0 Å². The summed E-state index contributed by atoms with van der Waals surface area (Å²) < 4.78 is 66.1. The second-order valence-electron chi connectivity index (χ2n) is 4.81. The molecule has 0 fully saturated rings. The van der Waals surface area contributed by atoms with Crippen molar-refractivity contribution in [3.05, 3.63) is 52.3 Å². The highest BCUT2D eigenvalue weighted by molar-refractivity contribution is 7.89. The summed E-state index contributed by atoms with van der Waals surface area (Å²) in [7, 11) is -4.08. The van der Waals surface area contributed by atoms with Crippen LogP contribution in [0.4, 0.5) is 13.2 Å². The zero-order valence-electron chi connectivity index (χ0n) is 11.5. The van der Waals surface area contributed by atoms with Gasteiger partial charge in [0.25, 0.3) is 0 Å². The molecule has 2 heterocycles. The standard InChI is InChI=1S/C14H11F3N2O2S2/c15-14(16,17)9-6-12-11(3-4-18-12)13(7-9)23(20,21)19-8-10-2-1-5-22-10/h1-7,18-19H,8H2. The number of rotatable bonds is 4. The summed E-state index contributed by atoms with van der Waals surface area (Å²) >= 11 is 1.36. The minimum absolute atomic E-state index is 0.0299. The van der Waals surface area contributed by atoms with Gasteiger partial charge in [-0.15, -0.1) is 11.3 Å². The molecule has 0 radical (unpaired) electrons. The first-order valence-electron chi connectivity index (χ1n) is 6.48. The largest absolute Gasteiger partial charge is 0.416 e. The fraction of sp³-hybridized carbons (Fsp3) is 0.143.